The van der Waals surface area contributed by atoms with Crippen LogP contribution in [0.4, 0.5) is 18.9 Å². The highest BCUT2D eigenvalue weighted by Gasteiger charge is 2.33. The molecule has 13 heteroatoms. The van der Waals surface area contributed by atoms with Gasteiger partial charge in [0.05, 0.1) is 40.9 Å². The highest BCUT2D eigenvalue weighted by molar-refractivity contribution is 7.91. The number of carbonyl (C=O) groups excluding carboxylic acids is 2. The first-order valence-electron chi connectivity index (χ1n) is 10.5. The molecule has 1 amide bonds. The number of rotatable bonds is 5. The fourth-order valence-corrected chi connectivity index (χ4v) is 5.91. The summed E-state index contributed by atoms with van der Waals surface area (Å²) in [5.41, 5.74) is -0.803. The summed E-state index contributed by atoms with van der Waals surface area (Å²) < 4.78 is 69.1. The Morgan fingerprint density at radius 2 is 1.97 bits per heavy atom. The molecule has 2 aromatic heterocycles. The molecule has 4 rings (SSSR count). The van der Waals surface area contributed by atoms with E-state index in [1.807, 2.05) is 0 Å². The maximum absolute atomic E-state index is 13.0. The number of nitrogens with zero attached hydrogens (tertiary/aromatic N) is 3. The minimum Gasteiger partial charge on any atom is -0.465 e. The van der Waals surface area contributed by atoms with Gasteiger partial charge in [0.25, 0.3) is 5.91 Å². The van der Waals surface area contributed by atoms with Gasteiger partial charge in [0.15, 0.2) is 9.84 Å². The summed E-state index contributed by atoms with van der Waals surface area (Å²) in [6.07, 6.45) is -3.78. The highest BCUT2D eigenvalue weighted by atomic mass is 32.2. The van der Waals surface area contributed by atoms with Gasteiger partial charge in [0.1, 0.15) is 17.2 Å². The highest BCUT2D eigenvalue weighted by Crippen LogP contribution is 2.30. The summed E-state index contributed by atoms with van der Waals surface area (Å²) in [4.78, 5) is 33.0. The van der Waals surface area contributed by atoms with Crippen LogP contribution in [0.3, 0.4) is 0 Å². The monoisotopic (exact) mass is 510 g/mol. The lowest BCUT2D eigenvalue weighted by atomic mass is 10.1. The molecular formula is C22H21F3N4O5S. The van der Waals surface area contributed by atoms with Crippen molar-refractivity contribution in [3.8, 4) is 0 Å². The number of benzene rings is 1. The summed E-state index contributed by atoms with van der Waals surface area (Å²) in [6, 6.07) is 5.81. The number of amides is 1. The summed E-state index contributed by atoms with van der Waals surface area (Å²) in [6.45, 7) is 0. The van der Waals surface area contributed by atoms with Gasteiger partial charge in [-0.05, 0) is 36.6 Å². The van der Waals surface area contributed by atoms with Crippen LogP contribution >= 0.6 is 0 Å². The Morgan fingerprint density at radius 3 is 2.60 bits per heavy atom. The SMILES string of the molecule is COC(=O)c1cc2nc(CC3CCS(=O)(=O)C3)n(C)c2cc1NC(=O)c1cccc(C(F)(F)F)n1. The Labute approximate surface area is 198 Å². The van der Waals surface area contributed by atoms with E-state index in [9.17, 15) is 31.2 Å². The predicted octanol–water partition coefficient (Wildman–Crippen LogP) is 3.00. The van der Waals surface area contributed by atoms with Gasteiger partial charge in [-0.25, -0.2) is 23.2 Å². The second kappa shape index (κ2) is 8.95. The van der Waals surface area contributed by atoms with E-state index in [-0.39, 0.29) is 28.7 Å². The molecular weight excluding hydrogens is 489 g/mol. The Kier molecular flexibility index (Phi) is 6.30. The molecule has 1 fully saturated rings. The number of hydrogen-bond donors (Lipinski definition) is 1. The zero-order valence-electron chi connectivity index (χ0n) is 18.7. The third-order valence-electron chi connectivity index (χ3n) is 5.84. The molecule has 1 unspecified atom stereocenters. The number of halogens is 3. The number of aryl methyl sites for hydroxylation is 1. The molecule has 1 aliphatic rings. The fourth-order valence-electron chi connectivity index (χ4n) is 4.05. The number of esters is 1. The molecule has 9 nitrogen and oxygen atoms in total. The van der Waals surface area contributed by atoms with Crippen molar-refractivity contribution < 1.29 is 35.9 Å². The molecule has 0 bridgehead atoms. The van der Waals surface area contributed by atoms with Gasteiger partial charge < -0.3 is 14.6 Å². The lowest BCUT2D eigenvalue weighted by molar-refractivity contribution is -0.141. The average molecular weight is 510 g/mol. The molecule has 0 spiro atoms. The van der Waals surface area contributed by atoms with Gasteiger partial charge in [0.2, 0.25) is 0 Å². The number of carbonyl (C=O) groups is 2. The fraction of sp³-hybridized carbons (Fsp3) is 0.364. The number of pyridine rings is 1. The first-order valence-corrected chi connectivity index (χ1v) is 12.3. The maximum atomic E-state index is 13.0. The number of fused-ring (bicyclic) bond motifs is 1. The summed E-state index contributed by atoms with van der Waals surface area (Å²) >= 11 is 0. The second-order valence-electron chi connectivity index (χ2n) is 8.30. The van der Waals surface area contributed by atoms with Crippen LogP contribution in [0, 0.1) is 5.92 Å². The molecule has 0 radical (unpaired) electrons. The summed E-state index contributed by atoms with van der Waals surface area (Å²) in [7, 11) is -0.197. The minimum atomic E-state index is -4.73. The van der Waals surface area contributed by atoms with Gasteiger partial charge in [-0.2, -0.15) is 13.2 Å². The Morgan fingerprint density at radius 1 is 1.23 bits per heavy atom. The number of hydrogen-bond acceptors (Lipinski definition) is 7. The molecule has 3 aromatic rings. The van der Waals surface area contributed by atoms with Crippen molar-refractivity contribution in [2.75, 3.05) is 23.9 Å². The molecule has 3 heterocycles. The smallest absolute Gasteiger partial charge is 0.433 e. The molecule has 186 valence electrons. The Bertz CT molecular complexity index is 1430. The third kappa shape index (κ3) is 5.14. The molecule has 0 saturated carbocycles. The lowest BCUT2D eigenvalue weighted by Gasteiger charge is -2.12. The van der Waals surface area contributed by atoms with Crippen molar-refractivity contribution in [1.82, 2.24) is 14.5 Å². The Hall–Kier alpha value is -3.48. The number of imidazole rings is 1. The number of aromatic nitrogens is 3. The zero-order chi connectivity index (χ0) is 25.5. The van der Waals surface area contributed by atoms with E-state index in [4.69, 9.17) is 4.74 Å². The van der Waals surface area contributed by atoms with Crippen LogP contribution in [0.15, 0.2) is 30.3 Å². The number of anilines is 1. The van der Waals surface area contributed by atoms with E-state index in [2.05, 4.69) is 15.3 Å². The molecule has 1 N–H and O–H groups in total. The van der Waals surface area contributed by atoms with Crippen LogP contribution in [-0.2, 0) is 34.2 Å². The van der Waals surface area contributed by atoms with Crippen molar-refractivity contribution in [2.45, 2.75) is 19.0 Å². The number of sulfone groups is 1. The van der Waals surface area contributed by atoms with E-state index in [0.29, 0.717) is 29.7 Å². The normalized spacial score (nSPS) is 17.5. The predicted molar refractivity (Wildman–Crippen MR) is 120 cm³/mol. The van der Waals surface area contributed by atoms with Crippen molar-refractivity contribution in [2.24, 2.45) is 13.0 Å². The first kappa shape index (κ1) is 24.6. The summed E-state index contributed by atoms with van der Waals surface area (Å²) in [5.74, 6) is -1.00. The standard InChI is InChI=1S/C22H21F3N4O5S/c1-29-17-10-15(28-20(30)14-4-3-5-18(26-14)22(23,24)25)13(21(31)34-2)9-16(17)27-19(29)8-12-6-7-35(32,33)11-12/h3-5,9-10,12H,6-8,11H2,1-2H3,(H,28,30). The molecule has 0 aliphatic carbocycles. The second-order valence-corrected chi connectivity index (χ2v) is 10.5. The van der Waals surface area contributed by atoms with Crippen LogP contribution in [0.5, 0.6) is 0 Å². The number of ether oxygens (including phenoxy) is 1. The number of alkyl halides is 3. The maximum Gasteiger partial charge on any atom is 0.433 e. The average Bonchev–Trinajstić information content (AvgIpc) is 3.30. The number of methoxy groups -OCH3 is 1. The molecule has 1 atom stereocenters. The molecule has 1 aliphatic heterocycles. The van der Waals surface area contributed by atoms with Crippen molar-refractivity contribution in [3.05, 3.63) is 53.1 Å². The topological polar surface area (TPSA) is 120 Å². The first-order chi connectivity index (χ1) is 16.4. The molecule has 1 aromatic carbocycles. The van der Waals surface area contributed by atoms with Gasteiger partial charge in [-0.15, -0.1) is 0 Å². The zero-order valence-corrected chi connectivity index (χ0v) is 19.5. The van der Waals surface area contributed by atoms with Crippen LogP contribution < -0.4 is 5.32 Å². The van der Waals surface area contributed by atoms with Crippen molar-refractivity contribution in [3.63, 3.8) is 0 Å². The van der Waals surface area contributed by atoms with Crippen molar-refractivity contribution >= 4 is 38.4 Å². The van der Waals surface area contributed by atoms with Crippen LogP contribution in [0.2, 0.25) is 0 Å². The quantitative estimate of drug-likeness (QED) is 0.524. The van der Waals surface area contributed by atoms with Gasteiger partial charge in [0, 0.05) is 13.5 Å². The summed E-state index contributed by atoms with van der Waals surface area (Å²) in [5, 5.41) is 2.44. The Balaban J connectivity index is 1.69. The van der Waals surface area contributed by atoms with Crippen molar-refractivity contribution in [1.29, 1.82) is 0 Å². The van der Waals surface area contributed by atoms with Crippen LogP contribution in [-0.4, -0.2) is 53.4 Å². The largest absolute Gasteiger partial charge is 0.465 e. The number of nitrogens with one attached hydrogen (secondary N) is 1. The molecule has 35 heavy (non-hydrogen) atoms. The van der Waals surface area contributed by atoms with Gasteiger partial charge in [-0.1, -0.05) is 6.07 Å². The minimum absolute atomic E-state index is 0.00607. The van der Waals surface area contributed by atoms with Gasteiger partial charge >= 0.3 is 12.1 Å². The van der Waals surface area contributed by atoms with Crippen LogP contribution in [0.25, 0.3) is 11.0 Å². The van der Waals surface area contributed by atoms with Crippen LogP contribution in [0.1, 0.15) is 38.8 Å². The third-order valence-corrected chi connectivity index (χ3v) is 7.67. The lowest BCUT2D eigenvalue weighted by Crippen LogP contribution is -2.19. The van der Waals surface area contributed by atoms with E-state index in [0.717, 1.165) is 25.3 Å². The van der Waals surface area contributed by atoms with E-state index < -0.39 is 39.3 Å². The molecule has 1 saturated heterocycles. The van der Waals surface area contributed by atoms with Gasteiger partial charge in [-0.3, -0.25) is 4.79 Å². The van der Waals surface area contributed by atoms with E-state index >= 15 is 0 Å². The van der Waals surface area contributed by atoms with E-state index in [1.54, 1.807) is 11.6 Å². The van der Waals surface area contributed by atoms with E-state index in [1.165, 1.54) is 12.1 Å².